The van der Waals surface area contributed by atoms with Crippen LogP contribution in [0.1, 0.15) is 54.1 Å². The molecule has 1 aliphatic carbocycles. The third-order valence-electron chi connectivity index (χ3n) is 4.86. The largest absolute Gasteiger partial charge is 0.349 e. The highest BCUT2D eigenvalue weighted by atomic mass is 35.5. The molecule has 7 heteroatoms. The van der Waals surface area contributed by atoms with Gasteiger partial charge in [0.15, 0.2) is 0 Å². The summed E-state index contributed by atoms with van der Waals surface area (Å²) in [5.74, 6) is -0.558. The first-order chi connectivity index (χ1) is 13.0. The predicted octanol–water partition coefficient (Wildman–Crippen LogP) is 4.46. The van der Waals surface area contributed by atoms with Gasteiger partial charge in [-0.25, -0.2) is 0 Å². The number of hydrogen-bond acceptors (Lipinski definition) is 3. The van der Waals surface area contributed by atoms with E-state index in [-0.39, 0.29) is 30.3 Å². The Kier molecular flexibility index (Phi) is 8.30. The molecule has 1 atom stereocenters. The minimum absolute atomic E-state index is 0. The Morgan fingerprint density at radius 3 is 2.39 bits per heavy atom. The number of amides is 2. The van der Waals surface area contributed by atoms with Gasteiger partial charge in [-0.05, 0) is 36.6 Å². The van der Waals surface area contributed by atoms with Crippen LogP contribution in [-0.4, -0.2) is 17.9 Å². The average Bonchev–Trinajstić information content (AvgIpc) is 2.70. The molecule has 0 heterocycles. The molecule has 2 aromatic carbocycles. The molecule has 1 saturated carbocycles. The molecule has 3 rings (SSSR count). The van der Waals surface area contributed by atoms with Crippen LogP contribution in [0.2, 0.25) is 5.02 Å². The van der Waals surface area contributed by atoms with Gasteiger partial charge in [-0.2, -0.15) is 0 Å². The zero-order chi connectivity index (χ0) is 19.2. The highest BCUT2D eigenvalue weighted by molar-refractivity contribution is 6.34. The van der Waals surface area contributed by atoms with Crippen molar-refractivity contribution in [2.24, 2.45) is 5.73 Å². The monoisotopic (exact) mass is 421 g/mol. The first-order valence-corrected chi connectivity index (χ1v) is 9.64. The quantitative estimate of drug-likeness (QED) is 0.665. The van der Waals surface area contributed by atoms with Crippen LogP contribution in [0.15, 0.2) is 48.5 Å². The number of halogens is 2. The first-order valence-electron chi connectivity index (χ1n) is 9.26. The minimum atomic E-state index is -0.790. The number of rotatable bonds is 5. The van der Waals surface area contributed by atoms with Gasteiger partial charge in [0.25, 0.3) is 5.91 Å². The number of benzene rings is 2. The minimum Gasteiger partial charge on any atom is -0.349 e. The lowest BCUT2D eigenvalue weighted by molar-refractivity contribution is -0.117. The lowest BCUT2D eigenvalue weighted by Crippen LogP contribution is -2.36. The first kappa shape index (κ1) is 22.2. The van der Waals surface area contributed by atoms with Crippen molar-refractivity contribution in [3.8, 4) is 0 Å². The predicted molar refractivity (Wildman–Crippen MR) is 115 cm³/mol. The van der Waals surface area contributed by atoms with Crippen molar-refractivity contribution in [3.63, 3.8) is 0 Å². The summed E-state index contributed by atoms with van der Waals surface area (Å²) in [4.78, 5) is 25.0. The number of nitrogens with one attached hydrogen (secondary N) is 2. The van der Waals surface area contributed by atoms with E-state index in [4.69, 9.17) is 17.3 Å². The molecular formula is C21H25Cl2N3O2. The molecule has 1 fully saturated rings. The van der Waals surface area contributed by atoms with Crippen LogP contribution in [-0.2, 0) is 4.79 Å². The standard InChI is InChI=1S/C21H24ClN3O2.ClH/c22-18-12-11-16(25-21(27)19(23)14-7-3-1-4-8-14)13-17(18)20(26)24-15-9-5-2-6-10-15;/h1,3-4,7-8,11-13,15,19H,2,5-6,9-10,23H2,(H,24,26)(H,25,27);1H. The van der Waals surface area contributed by atoms with Crippen molar-refractivity contribution < 1.29 is 9.59 Å². The molecule has 0 aliphatic heterocycles. The number of carbonyl (C=O) groups excluding carboxylic acids is 2. The molecule has 1 unspecified atom stereocenters. The van der Waals surface area contributed by atoms with E-state index in [1.165, 1.54) is 6.42 Å². The van der Waals surface area contributed by atoms with Crippen LogP contribution < -0.4 is 16.4 Å². The van der Waals surface area contributed by atoms with E-state index in [0.717, 1.165) is 31.2 Å². The van der Waals surface area contributed by atoms with Crippen molar-refractivity contribution in [1.82, 2.24) is 5.32 Å². The molecule has 4 N–H and O–H groups in total. The zero-order valence-corrected chi connectivity index (χ0v) is 17.1. The van der Waals surface area contributed by atoms with E-state index in [2.05, 4.69) is 10.6 Å². The van der Waals surface area contributed by atoms with Gasteiger partial charge in [-0.15, -0.1) is 12.4 Å². The van der Waals surface area contributed by atoms with Crippen molar-refractivity contribution in [3.05, 3.63) is 64.7 Å². The summed E-state index contributed by atoms with van der Waals surface area (Å²) in [6.07, 6.45) is 5.46. The fourth-order valence-electron chi connectivity index (χ4n) is 3.32. The molecule has 0 bridgehead atoms. The molecule has 150 valence electrons. The Bertz CT molecular complexity index is 809. The van der Waals surface area contributed by atoms with Crippen molar-refractivity contribution >= 4 is 41.5 Å². The second-order valence-corrected chi connectivity index (χ2v) is 7.29. The summed E-state index contributed by atoms with van der Waals surface area (Å²) in [5.41, 5.74) is 7.59. The fraction of sp³-hybridized carbons (Fsp3) is 0.333. The zero-order valence-electron chi connectivity index (χ0n) is 15.5. The highest BCUT2D eigenvalue weighted by Crippen LogP contribution is 2.23. The fourth-order valence-corrected chi connectivity index (χ4v) is 3.52. The molecule has 1 aliphatic rings. The van der Waals surface area contributed by atoms with Gasteiger partial charge in [0.1, 0.15) is 6.04 Å². The maximum absolute atomic E-state index is 12.6. The Morgan fingerprint density at radius 2 is 1.71 bits per heavy atom. The highest BCUT2D eigenvalue weighted by Gasteiger charge is 2.20. The Balaban J connectivity index is 0.00000280. The molecule has 2 amide bonds. The molecule has 5 nitrogen and oxygen atoms in total. The molecule has 0 radical (unpaired) electrons. The van der Waals surface area contributed by atoms with Gasteiger partial charge in [0, 0.05) is 11.7 Å². The van der Waals surface area contributed by atoms with Gasteiger partial charge in [-0.1, -0.05) is 61.2 Å². The van der Waals surface area contributed by atoms with Gasteiger partial charge < -0.3 is 16.4 Å². The van der Waals surface area contributed by atoms with Crippen molar-refractivity contribution in [1.29, 1.82) is 0 Å². The van der Waals surface area contributed by atoms with Crippen LogP contribution in [0.3, 0.4) is 0 Å². The summed E-state index contributed by atoms with van der Waals surface area (Å²) in [5, 5.41) is 6.16. The molecular weight excluding hydrogens is 397 g/mol. The van der Waals surface area contributed by atoms with Crippen LogP contribution in [0.25, 0.3) is 0 Å². The van der Waals surface area contributed by atoms with E-state index in [1.54, 1.807) is 30.3 Å². The summed E-state index contributed by atoms with van der Waals surface area (Å²) in [6, 6.07) is 13.4. The van der Waals surface area contributed by atoms with E-state index in [9.17, 15) is 9.59 Å². The molecule has 0 aromatic heterocycles. The summed E-state index contributed by atoms with van der Waals surface area (Å²) < 4.78 is 0. The van der Waals surface area contributed by atoms with Crippen LogP contribution in [0.5, 0.6) is 0 Å². The smallest absolute Gasteiger partial charge is 0.253 e. The van der Waals surface area contributed by atoms with Gasteiger partial charge >= 0.3 is 0 Å². The second kappa shape index (κ2) is 10.5. The molecule has 0 spiro atoms. The van der Waals surface area contributed by atoms with E-state index < -0.39 is 6.04 Å². The maximum Gasteiger partial charge on any atom is 0.253 e. The van der Waals surface area contributed by atoms with E-state index >= 15 is 0 Å². The van der Waals surface area contributed by atoms with Gasteiger partial charge in [0.2, 0.25) is 5.91 Å². The third-order valence-corrected chi connectivity index (χ3v) is 5.19. The van der Waals surface area contributed by atoms with Crippen LogP contribution in [0.4, 0.5) is 5.69 Å². The Labute approximate surface area is 176 Å². The number of nitrogens with two attached hydrogens (primary N) is 1. The molecule has 0 saturated heterocycles. The lowest BCUT2D eigenvalue weighted by Gasteiger charge is -2.23. The summed E-state index contributed by atoms with van der Waals surface area (Å²) in [7, 11) is 0. The topological polar surface area (TPSA) is 84.2 Å². The molecule has 2 aromatic rings. The summed E-state index contributed by atoms with van der Waals surface area (Å²) in [6.45, 7) is 0. The van der Waals surface area contributed by atoms with Crippen molar-refractivity contribution in [2.45, 2.75) is 44.2 Å². The van der Waals surface area contributed by atoms with Crippen LogP contribution >= 0.6 is 24.0 Å². The third kappa shape index (κ3) is 5.71. The Hall–Kier alpha value is -2.08. The summed E-state index contributed by atoms with van der Waals surface area (Å²) >= 11 is 6.21. The molecule has 28 heavy (non-hydrogen) atoms. The normalized spacial score (nSPS) is 15.2. The average molecular weight is 422 g/mol. The number of hydrogen-bond donors (Lipinski definition) is 3. The second-order valence-electron chi connectivity index (χ2n) is 6.88. The number of carbonyl (C=O) groups is 2. The van der Waals surface area contributed by atoms with E-state index in [0.29, 0.717) is 16.3 Å². The Morgan fingerprint density at radius 1 is 1.04 bits per heavy atom. The lowest BCUT2D eigenvalue weighted by atomic mass is 9.95. The van der Waals surface area contributed by atoms with Gasteiger partial charge in [0.05, 0.1) is 10.6 Å². The van der Waals surface area contributed by atoms with Gasteiger partial charge in [-0.3, -0.25) is 9.59 Å². The SMILES string of the molecule is Cl.NC(C(=O)Nc1ccc(Cl)c(C(=O)NC2CCCCC2)c1)c1ccccc1. The van der Waals surface area contributed by atoms with Crippen molar-refractivity contribution in [2.75, 3.05) is 5.32 Å². The number of anilines is 1. The van der Waals surface area contributed by atoms with E-state index in [1.807, 2.05) is 18.2 Å². The maximum atomic E-state index is 12.6. The van der Waals surface area contributed by atoms with Crippen LogP contribution in [0, 0.1) is 0 Å².